The first kappa shape index (κ1) is 13.2. The van der Waals surface area contributed by atoms with Crippen LogP contribution in [-0.4, -0.2) is 0 Å². The van der Waals surface area contributed by atoms with Crippen LogP contribution in [0.4, 0.5) is 0 Å². The molecule has 0 N–H and O–H groups in total. The molecule has 0 aliphatic carbocycles. The minimum Gasteiger partial charge on any atom is -0.122 e. The van der Waals surface area contributed by atoms with Crippen LogP contribution < -0.4 is 0 Å². The molecule has 0 saturated heterocycles. The van der Waals surface area contributed by atoms with Crippen molar-refractivity contribution in [2.24, 2.45) is 0 Å². The van der Waals surface area contributed by atoms with Crippen molar-refractivity contribution in [3.05, 3.63) is 70.8 Å². The van der Waals surface area contributed by atoms with Crippen LogP contribution in [-0.2, 0) is 11.8 Å². The van der Waals surface area contributed by atoms with E-state index in [-0.39, 0.29) is 0 Å². The van der Waals surface area contributed by atoms with Crippen LogP contribution in [0.5, 0.6) is 0 Å². The van der Waals surface area contributed by atoms with Crippen LogP contribution in [0.1, 0.15) is 22.3 Å². The van der Waals surface area contributed by atoms with Crippen LogP contribution in [0.3, 0.4) is 0 Å². The highest BCUT2D eigenvalue weighted by Gasteiger charge is 1.92. The lowest BCUT2D eigenvalue weighted by molar-refractivity contribution is 1.39. The van der Waals surface area contributed by atoms with Gasteiger partial charge in [0.05, 0.1) is 0 Å². The van der Waals surface area contributed by atoms with Crippen LogP contribution in [0, 0.1) is 0 Å². The summed E-state index contributed by atoms with van der Waals surface area (Å²) >= 11 is 11.5. The molecular formula is C16H14Cl2. The van der Waals surface area contributed by atoms with Crippen LogP contribution >= 0.6 is 23.2 Å². The van der Waals surface area contributed by atoms with Gasteiger partial charge in [0, 0.05) is 11.8 Å². The van der Waals surface area contributed by atoms with Gasteiger partial charge in [-0.15, -0.1) is 23.2 Å². The van der Waals surface area contributed by atoms with Crippen molar-refractivity contribution in [3.63, 3.8) is 0 Å². The standard InChI is InChI=1S/C16H14Cl2/c17-11-15-7-3-13(4-8-15)1-2-14-5-9-16(12-18)10-6-14/h1-10H,11-12H2. The summed E-state index contributed by atoms with van der Waals surface area (Å²) in [5.41, 5.74) is 4.62. The van der Waals surface area contributed by atoms with Crippen molar-refractivity contribution >= 4 is 35.4 Å². The zero-order valence-electron chi connectivity index (χ0n) is 9.94. The molecule has 2 rings (SSSR count). The van der Waals surface area contributed by atoms with Crippen LogP contribution in [0.25, 0.3) is 12.2 Å². The lowest BCUT2D eigenvalue weighted by atomic mass is 10.1. The molecule has 0 aliphatic rings. The first-order chi connectivity index (χ1) is 8.81. The Hall–Kier alpha value is -1.24. The molecular weight excluding hydrogens is 263 g/mol. The van der Waals surface area contributed by atoms with E-state index in [4.69, 9.17) is 23.2 Å². The van der Waals surface area contributed by atoms with E-state index < -0.39 is 0 Å². The molecule has 0 radical (unpaired) electrons. The Morgan fingerprint density at radius 3 is 1.22 bits per heavy atom. The molecule has 0 amide bonds. The average Bonchev–Trinajstić information content (AvgIpc) is 2.46. The Labute approximate surface area is 118 Å². The lowest BCUT2D eigenvalue weighted by Crippen LogP contribution is -1.79. The third-order valence-corrected chi connectivity index (χ3v) is 3.35. The molecule has 2 aromatic rings. The van der Waals surface area contributed by atoms with Gasteiger partial charge in [0.15, 0.2) is 0 Å². The van der Waals surface area contributed by atoms with Gasteiger partial charge in [-0.05, 0) is 22.3 Å². The molecule has 0 fully saturated rings. The second kappa shape index (κ2) is 6.63. The molecule has 0 spiro atoms. The summed E-state index contributed by atoms with van der Waals surface area (Å²) in [6.07, 6.45) is 4.18. The normalized spacial score (nSPS) is 11.0. The van der Waals surface area contributed by atoms with E-state index in [0.717, 1.165) is 11.1 Å². The summed E-state index contributed by atoms with van der Waals surface area (Å²) in [6.45, 7) is 0. The van der Waals surface area contributed by atoms with E-state index in [1.165, 1.54) is 11.1 Å². The van der Waals surface area contributed by atoms with Gasteiger partial charge in [0.25, 0.3) is 0 Å². The minimum absolute atomic E-state index is 0.559. The van der Waals surface area contributed by atoms with Crippen LogP contribution in [0.15, 0.2) is 48.5 Å². The third kappa shape index (κ3) is 3.63. The largest absolute Gasteiger partial charge is 0.122 e. The Morgan fingerprint density at radius 1 is 0.611 bits per heavy atom. The molecule has 0 saturated carbocycles. The number of alkyl halides is 2. The summed E-state index contributed by atoms with van der Waals surface area (Å²) in [6, 6.07) is 16.5. The molecule has 92 valence electrons. The highest BCUT2D eigenvalue weighted by Crippen LogP contribution is 2.12. The monoisotopic (exact) mass is 276 g/mol. The fraction of sp³-hybridized carbons (Fsp3) is 0.125. The molecule has 0 bridgehead atoms. The van der Waals surface area contributed by atoms with E-state index in [1.54, 1.807) is 0 Å². The molecule has 0 aliphatic heterocycles. The second-order valence-corrected chi connectivity index (χ2v) is 4.62. The zero-order chi connectivity index (χ0) is 12.8. The number of rotatable bonds is 4. The predicted molar refractivity (Wildman–Crippen MR) is 80.9 cm³/mol. The van der Waals surface area contributed by atoms with Gasteiger partial charge < -0.3 is 0 Å². The number of hydrogen-bond donors (Lipinski definition) is 0. The maximum atomic E-state index is 5.75. The fourth-order valence-electron chi connectivity index (χ4n) is 1.63. The molecule has 18 heavy (non-hydrogen) atoms. The quantitative estimate of drug-likeness (QED) is 0.523. The number of halogens is 2. The Balaban J connectivity index is 2.08. The molecule has 2 heteroatoms. The summed E-state index contributed by atoms with van der Waals surface area (Å²) in [7, 11) is 0. The molecule has 2 aromatic carbocycles. The molecule has 0 heterocycles. The Kier molecular flexibility index (Phi) is 4.86. The highest BCUT2D eigenvalue weighted by atomic mass is 35.5. The topological polar surface area (TPSA) is 0 Å². The van der Waals surface area contributed by atoms with E-state index in [1.807, 2.05) is 24.3 Å². The summed E-state index contributed by atoms with van der Waals surface area (Å²) in [4.78, 5) is 0. The summed E-state index contributed by atoms with van der Waals surface area (Å²) < 4.78 is 0. The predicted octanol–water partition coefficient (Wildman–Crippen LogP) is 5.33. The highest BCUT2D eigenvalue weighted by molar-refractivity contribution is 6.17. The molecule has 0 nitrogen and oxygen atoms in total. The van der Waals surface area contributed by atoms with Crippen molar-refractivity contribution in [1.82, 2.24) is 0 Å². The van der Waals surface area contributed by atoms with Crippen molar-refractivity contribution in [2.45, 2.75) is 11.8 Å². The second-order valence-electron chi connectivity index (χ2n) is 4.08. The van der Waals surface area contributed by atoms with Gasteiger partial charge in [-0.3, -0.25) is 0 Å². The molecule has 0 aromatic heterocycles. The minimum atomic E-state index is 0.559. The van der Waals surface area contributed by atoms with E-state index in [0.29, 0.717) is 11.8 Å². The summed E-state index contributed by atoms with van der Waals surface area (Å²) in [5, 5.41) is 0. The summed E-state index contributed by atoms with van der Waals surface area (Å²) in [5.74, 6) is 1.12. The SMILES string of the molecule is ClCc1ccc(C=Cc2ccc(CCl)cc2)cc1. The number of benzene rings is 2. The van der Waals surface area contributed by atoms with E-state index >= 15 is 0 Å². The van der Waals surface area contributed by atoms with Crippen molar-refractivity contribution in [2.75, 3.05) is 0 Å². The van der Waals surface area contributed by atoms with Crippen molar-refractivity contribution < 1.29 is 0 Å². The van der Waals surface area contributed by atoms with E-state index in [9.17, 15) is 0 Å². The number of hydrogen-bond acceptors (Lipinski definition) is 0. The fourth-order valence-corrected chi connectivity index (χ4v) is 1.98. The van der Waals surface area contributed by atoms with Gasteiger partial charge in [-0.25, -0.2) is 0 Å². The Bertz CT molecular complexity index is 460. The first-order valence-electron chi connectivity index (χ1n) is 5.80. The molecule has 0 atom stereocenters. The van der Waals surface area contributed by atoms with Crippen molar-refractivity contribution in [1.29, 1.82) is 0 Å². The van der Waals surface area contributed by atoms with Gasteiger partial charge in [-0.2, -0.15) is 0 Å². The first-order valence-corrected chi connectivity index (χ1v) is 6.86. The van der Waals surface area contributed by atoms with Crippen LogP contribution in [0.2, 0.25) is 0 Å². The molecule has 0 unspecified atom stereocenters. The van der Waals surface area contributed by atoms with Gasteiger partial charge in [0.2, 0.25) is 0 Å². The maximum Gasteiger partial charge on any atom is 0.0474 e. The zero-order valence-corrected chi connectivity index (χ0v) is 11.5. The van der Waals surface area contributed by atoms with Gasteiger partial charge in [-0.1, -0.05) is 60.7 Å². The lowest BCUT2D eigenvalue weighted by Gasteiger charge is -1.98. The average molecular weight is 277 g/mol. The Morgan fingerprint density at radius 2 is 0.944 bits per heavy atom. The maximum absolute atomic E-state index is 5.75. The van der Waals surface area contributed by atoms with Gasteiger partial charge in [0.1, 0.15) is 0 Å². The third-order valence-electron chi connectivity index (χ3n) is 2.74. The van der Waals surface area contributed by atoms with Crippen molar-refractivity contribution in [3.8, 4) is 0 Å². The van der Waals surface area contributed by atoms with Gasteiger partial charge >= 0.3 is 0 Å². The van der Waals surface area contributed by atoms with E-state index in [2.05, 4.69) is 36.4 Å². The smallest absolute Gasteiger partial charge is 0.0474 e.